The molecule has 3 heterocycles. The lowest BCUT2D eigenvalue weighted by atomic mass is 10.3. The lowest BCUT2D eigenvalue weighted by molar-refractivity contribution is 0.727. The van der Waals surface area contributed by atoms with Gasteiger partial charge in [-0.25, -0.2) is 19.7 Å². The summed E-state index contributed by atoms with van der Waals surface area (Å²) in [5, 5.41) is 0. The molecule has 1 aromatic rings. The molecule has 0 N–H and O–H groups in total. The van der Waals surface area contributed by atoms with Crippen LogP contribution in [-0.2, 0) is 13.1 Å². The van der Waals surface area contributed by atoms with Crippen molar-refractivity contribution in [1.29, 1.82) is 0 Å². The van der Waals surface area contributed by atoms with E-state index in [1.807, 2.05) is 18.4 Å². The molecule has 0 amide bonds. The van der Waals surface area contributed by atoms with Gasteiger partial charge in [-0.05, 0) is 13.8 Å². The lowest BCUT2D eigenvalue weighted by Gasteiger charge is -1.96. The fourth-order valence-electron chi connectivity index (χ4n) is 2.05. The zero-order valence-corrected chi connectivity index (χ0v) is 10.2. The number of nitrogens with zero attached hydrogens (tertiary/aromatic N) is 6. The van der Waals surface area contributed by atoms with Gasteiger partial charge in [0.1, 0.15) is 17.5 Å². The van der Waals surface area contributed by atoms with Gasteiger partial charge < -0.3 is 4.57 Å². The van der Waals surface area contributed by atoms with Crippen molar-refractivity contribution in [3.8, 4) is 11.5 Å². The third-order valence-electron chi connectivity index (χ3n) is 2.96. The summed E-state index contributed by atoms with van der Waals surface area (Å²) in [6.07, 6.45) is 3.15. The molecule has 0 bridgehead atoms. The second-order valence-electron chi connectivity index (χ2n) is 3.89. The fraction of sp³-hybridized carbons (Fsp3) is 0.364. The summed E-state index contributed by atoms with van der Waals surface area (Å²) < 4.78 is 3.41. The Morgan fingerprint density at radius 1 is 1.17 bits per heavy atom. The minimum atomic E-state index is -0.293. The van der Waals surface area contributed by atoms with Gasteiger partial charge >= 0.3 is 5.69 Å². The summed E-state index contributed by atoms with van der Waals surface area (Å²) in [5.74, 6) is 0.534. The van der Waals surface area contributed by atoms with Crippen molar-refractivity contribution in [2.75, 3.05) is 0 Å². The number of hydrogen-bond acceptors (Lipinski definition) is 5. The van der Waals surface area contributed by atoms with Gasteiger partial charge in [0.15, 0.2) is 11.5 Å². The second-order valence-corrected chi connectivity index (χ2v) is 3.89. The van der Waals surface area contributed by atoms with Crippen LogP contribution in [0.15, 0.2) is 17.4 Å². The molecule has 0 spiro atoms. The molecule has 2 aliphatic rings. The summed E-state index contributed by atoms with van der Waals surface area (Å²) in [7, 11) is 0. The maximum Gasteiger partial charge on any atom is 0.349 e. The molecule has 0 atom stereocenters. The third kappa shape index (κ3) is 1.33. The molecule has 18 heavy (non-hydrogen) atoms. The van der Waals surface area contributed by atoms with E-state index in [0.717, 1.165) is 6.54 Å². The molecular weight excluding hydrogens is 232 g/mol. The molecule has 0 fully saturated rings. The number of rotatable bonds is 2. The lowest BCUT2D eigenvalue weighted by Crippen LogP contribution is -2.15. The molecule has 0 aliphatic carbocycles. The van der Waals surface area contributed by atoms with E-state index in [1.54, 1.807) is 6.33 Å². The van der Waals surface area contributed by atoms with Crippen molar-refractivity contribution in [3.63, 3.8) is 0 Å². The summed E-state index contributed by atoms with van der Waals surface area (Å²) in [6, 6.07) is 0. The fourth-order valence-corrected chi connectivity index (χ4v) is 2.05. The molecule has 7 nitrogen and oxygen atoms in total. The molecular formula is C11H12N6O. The van der Waals surface area contributed by atoms with E-state index < -0.39 is 0 Å². The van der Waals surface area contributed by atoms with Crippen LogP contribution in [0.5, 0.6) is 0 Å². The van der Waals surface area contributed by atoms with E-state index in [-0.39, 0.29) is 5.69 Å². The minimum absolute atomic E-state index is 0.293. The zero-order valence-electron chi connectivity index (χ0n) is 10.2. The summed E-state index contributed by atoms with van der Waals surface area (Å²) >= 11 is 0. The van der Waals surface area contributed by atoms with Crippen LogP contribution in [0.25, 0.3) is 22.7 Å². The van der Waals surface area contributed by atoms with Crippen LogP contribution in [0.4, 0.5) is 0 Å². The number of imidazole rings is 2. The van der Waals surface area contributed by atoms with Gasteiger partial charge in [0.05, 0.1) is 6.33 Å². The largest absolute Gasteiger partial charge is 0.349 e. The van der Waals surface area contributed by atoms with E-state index in [1.165, 1.54) is 10.9 Å². The summed E-state index contributed by atoms with van der Waals surface area (Å²) in [5.41, 5.74) is 1.54. The van der Waals surface area contributed by atoms with Gasteiger partial charge in [0.25, 0.3) is 0 Å². The smallest absolute Gasteiger partial charge is 0.315 e. The van der Waals surface area contributed by atoms with Gasteiger partial charge in [-0.2, -0.15) is 4.98 Å². The number of aromatic nitrogens is 6. The first-order valence-electron chi connectivity index (χ1n) is 5.82. The highest BCUT2D eigenvalue weighted by Crippen LogP contribution is 2.21. The molecule has 2 aliphatic heterocycles. The molecule has 0 radical (unpaired) electrons. The van der Waals surface area contributed by atoms with Crippen molar-refractivity contribution in [2.24, 2.45) is 0 Å². The quantitative estimate of drug-likeness (QED) is 0.657. The molecule has 1 aromatic heterocycles. The second kappa shape index (κ2) is 3.86. The zero-order chi connectivity index (χ0) is 12.7. The van der Waals surface area contributed by atoms with E-state index in [4.69, 9.17) is 0 Å². The third-order valence-corrected chi connectivity index (χ3v) is 2.96. The van der Waals surface area contributed by atoms with Crippen molar-refractivity contribution >= 4 is 11.2 Å². The van der Waals surface area contributed by atoms with E-state index >= 15 is 0 Å². The molecule has 0 saturated heterocycles. The summed E-state index contributed by atoms with van der Waals surface area (Å²) in [6.45, 7) is 5.17. The van der Waals surface area contributed by atoms with E-state index in [9.17, 15) is 4.79 Å². The average Bonchev–Trinajstić information content (AvgIpc) is 2.86. The van der Waals surface area contributed by atoms with E-state index in [2.05, 4.69) is 19.9 Å². The Bertz CT molecular complexity index is 743. The van der Waals surface area contributed by atoms with Crippen LogP contribution in [0, 0.1) is 0 Å². The first-order chi connectivity index (χ1) is 8.76. The Balaban J connectivity index is 2.45. The first kappa shape index (κ1) is 10.8. The predicted octanol–water partition coefficient (Wildman–Crippen LogP) is 0.528. The first-order valence-corrected chi connectivity index (χ1v) is 5.82. The maximum absolute atomic E-state index is 11.7. The Hall–Kier alpha value is -2.31. The highest BCUT2D eigenvalue weighted by Gasteiger charge is 2.19. The minimum Gasteiger partial charge on any atom is -0.315 e. The number of fused-ring (bicyclic) bond motifs is 3. The highest BCUT2D eigenvalue weighted by atomic mass is 16.1. The van der Waals surface area contributed by atoms with Crippen molar-refractivity contribution in [1.82, 2.24) is 29.1 Å². The number of aryl methyl sites for hydroxylation is 1. The monoisotopic (exact) mass is 244 g/mol. The molecule has 92 valence electrons. The van der Waals surface area contributed by atoms with Crippen molar-refractivity contribution in [3.05, 3.63) is 23.1 Å². The van der Waals surface area contributed by atoms with Crippen LogP contribution in [-0.4, -0.2) is 29.1 Å². The van der Waals surface area contributed by atoms with Gasteiger partial charge in [0.2, 0.25) is 0 Å². The van der Waals surface area contributed by atoms with Gasteiger partial charge in [-0.3, -0.25) is 4.57 Å². The van der Waals surface area contributed by atoms with Crippen molar-refractivity contribution < 1.29 is 0 Å². The molecule has 0 saturated carbocycles. The molecule has 3 rings (SSSR count). The van der Waals surface area contributed by atoms with Crippen LogP contribution in [0.3, 0.4) is 0 Å². The van der Waals surface area contributed by atoms with E-state index in [0.29, 0.717) is 29.2 Å². The summed E-state index contributed by atoms with van der Waals surface area (Å²) in [4.78, 5) is 28.5. The predicted molar refractivity (Wildman–Crippen MR) is 65.3 cm³/mol. The highest BCUT2D eigenvalue weighted by molar-refractivity contribution is 5.84. The molecule has 0 aromatic carbocycles. The Kier molecular flexibility index (Phi) is 2.32. The normalized spacial score (nSPS) is 11.4. The number of hydrogen-bond donors (Lipinski definition) is 0. The van der Waals surface area contributed by atoms with Gasteiger partial charge in [0, 0.05) is 13.1 Å². The van der Waals surface area contributed by atoms with Gasteiger partial charge in [-0.15, -0.1) is 0 Å². The van der Waals surface area contributed by atoms with Crippen LogP contribution < -0.4 is 5.69 Å². The van der Waals surface area contributed by atoms with Crippen LogP contribution >= 0.6 is 0 Å². The van der Waals surface area contributed by atoms with Crippen molar-refractivity contribution in [2.45, 2.75) is 26.9 Å². The average molecular weight is 244 g/mol. The van der Waals surface area contributed by atoms with Crippen LogP contribution in [0.1, 0.15) is 13.8 Å². The molecule has 0 unspecified atom stereocenters. The standard InChI is InChI=1S/C11H12N6O/c1-3-16-6-14-7-8-10(13-5-12-9(7)16)17(4-2)11(18)15-8/h5-6H,3-4H2,1-2H3. The Morgan fingerprint density at radius 2 is 2.00 bits per heavy atom. The maximum atomic E-state index is 11.7. The topological polar surface area (TPSA) is 78.5 Å². The van der Waals surface area contributed by atoms with Crippen LogP contribution in [0.2, 0.25) is 0 Å². The Labute approximate surface area is 102 Å². The van der Waals surface area contributed by atoms with Gasteiger partial charge in [-0.1, -0.05) is 0 Å². The Morgan fingerprint density at radius 3 is 2.72 bits per heavy atom. The SMILES string of the molecule is CCn1c2ncnc3c(ncn3CC)c-2nc1=O. The molecule has 7 heteroatoms.